The van der Waals surface area contributed by atoms with E-state index in [1.807, 2.05) is 0 Å². The molecule has 0 aliphatic heterocycles. The van der Waals surface area contributed by atoms with Crippen LogP contribution in [0.15, 0.2) is 23.2 Å². The highest BCUT2D eigenvalue weighted by Crippen LogP contribution is 2.24. The summed E-state index contributed by atoms with van der Waals surface area (Å²) in [4.78, 5) is 4.64. The number of nitrogens with zero attached hydrogens (tertiary/aromatic N) is 1. The second kappa shape index (κ2) is 6.07. The monoisotopic (exact) mass is 209 g/mol. The quantitative estimate of drug-likeness (QED) is 0.677. The van der Waals surface area contributed by atoms with E-state index in [2.05, 4.69) is 43.3 Å². The van der Waals surface area contributed by atoms with Crippen LogP contribution in [0.4, 0.5) is 0 Å². The van der Waals surface area contributed by atoms with Crippen LogP contribution in [0.5, 0.6) is 0 Å². The van der Waals surface area contributed by atoms with Gasteiger partial charge < -0.3 is 0 Å². The largest absolute Gasteiger partial charge is 0.246 e. The first kappa shape index (κ1) is 11.6. The van der Waals surface area contributed by atoms with Gasteiger partial charge in [-0.1, -0.05) is 26.3 Å². The van der Waals surface area contributed by atoms with Crippen molar-refractivity contribution in [1.82, 2.24) is 4.98 Å². The summed E-state index contributed by atoms with van der Waals surface area (Å²) >= 11 is 1.72. The normalized spacial score (nSPS) is 12.8. The summed E-state index contributed by atoms with van der Waals surface area (Å²) in [7, 11) is 0. The maximum absolute atomic E-state index is 4.64. The Kier molecular flexibility index (Phi) is 5.02. The topological polar surface area (TPSA) is 12.9 Å². The van der Waals surface area contributed by atoms with Gasteiger partial charge in [0.2, 0.25) is 0 Å². The van der Waals surface area contributed by atoms with Crippen LogP contribution in [0.1, 0.15) is 44.7 Å². The molecule has 78 valence electrons. The SMILES string of the molecule is CCCC(CC)c1cccc(SC)n1. The molecule has 1 atom stereocenters. The summed E-state index contributed by atoms with van der Waals surface area (Å²) in [6.45, 7) is 4.48. The number of hydrogen-bond acceptors (Lipinski definition) is 2. The molecule has 0 aliphatic carbocycles. The maximum Gasteiger partial charge on any atom is 0.0960 e. The first-order valence-corrected chi connectivity index (χ1v) is 6.55. The molecule has 0 aromatic carbocycles. The van der Waals surface area contributed by atoms with Gasteiger partial charge >= 0.3 is 0 Å². The molecule has 0 saturated heterocycles. The number of pyridine rings is 1. The van der Waals surface area contributed by atoms with Gasteiger partial charge in [-0.2, -0.15) is 0 Å². The van der Waals surface area contributed by atoms with Gasteiger partial charge in [-0.05, 0) is 31.2 Å². The van der Waals surface area contributed by atoms with E-state index in [-0.39, 0.29) is 0 Å². The van der Waals surface area contributed by atoms with E-state index in [0.717, 1.165) is 5.03 Å². The Morgan fingerprint density at radius 2 is 2.14 bits per heavy atom. The zero-order valence-corrected chi connectivity index (χ0v) is 10.1. The molecule has 1 rings (SSSR count). The summed E-state index contributed by atoms with van der Waals surface area (Å²) in [5.41, 5.74) is 1.27. The van der Waals surface area contributed by atoms with Crippen molar-refractivity contribution < 1.29 is 0 Å². The third-order valence-electron chi connectivity index (χ3n) is 2.50. The Labute approximate surface area is 91.3 Å². The van der Waals surface area contributed by atoms with Gasteiger partial charge in [0.15, 0.2) is 0 Å². The van der Waals surface area contributed by atoms with E-state index in [1.165, 1.54) is 25.0 Å². The average Bonchev–Trinajstić information content (AvgIpc) is 2.26. The van der Waals surface area contributed by atoms with Crippen molar-refractivity contribution in [2.45, 2.75) is 44.1 Å². The molecule has 1 nitrogen and oxygen atoms in total. The van der Waals surface area contributed by atoms with Crippen LogP contribution in [0.2, 0.25) is 0 Å². The van der Waals surface area contributed by atoms with Crippen LogP contribution in [-0.4, -0.2) is 11.2 Å². The van der Waals surface area contributed by atoms with E-state index in [0.29, 0.717) is 5.92 Å². The Hall–Kier alpha value is -0.500. The lowest BCUT2D eigenvalue weighted by Crippen LogP contribution is -2.00. The zero-order valence-electron chi connectivity index (χ0n) is 9.29. The van der Waals surface area contributed by atoms with Crippen LogP contribution in [0.25, 0.3) is 0 Å². The van der Waals surface area contributed by atoms with E-state index in [4.69, 9.17) is 0 Å². The van der Waals surface area contributed by atoms with Gasteiger partial charge in [-0.3, -0.25) is 0 Å². The van der Waals surface area contributed by atoms with Crippen LogP contribution >= 0.6 is 11.8 Å². The lowest BCUT2D eigenvalue weighted by atomic mass is 9.96. The predicted octanol–water partition coefficient (Wildman–Crippen LogP) is 4.10. The maximum atomic E-state index is 4.64. The summed E-state index contributed by atoms with van der Waals surface area (Å²) in [6, 6.07) is 6.35. The van der Waals surface area contributed by atoms with Crippen molar-refractivity contribution in [1.29, 1.82) is 0 Å². The molecule has 0 spiro atoms. The lowest BCUT2D eigenvalue weighted by Gasteiger charge is -2.13. The third kappa shape index (κ3) is 3.02. The molecule has 14 heavy (non-hydrogen) atoms. The lowest BCUT2D eigenvalue weighted by molar-refractivity contribution is 0.577. The summed E-state index contributed by atoms with van der Waals surface area (Å²) in [5, 5.41) is 1.14. The van der Waals surface area contributed by atoms with Gasteiger partial charge in [0.05, 0.1) is 5.03 Å². The molecule has 0 amide bonds. The van der Waals surface area contributed by atoms with E-state index in [9.17, 15) is 0 Å². The van der Waals surface area contributed by atoms with Crippen molar-refractivity contribution in [3.05, 3.63) is 23.9 Å². The molecule has 1 aromatic heterocycles. The first-order valence-electron chi connectivity index (χ1n) is 5.32. The smallest absolute Gasteiger partial charge is 0.0960 e. The molecule has 2 heteroatoms. The number of rotatable bonds is 5. The van der Waals surface area contributed by atoms with Crippen LogP contribution in [0.3, 0.4) is 0 Å². The highest BCUT2D eigenvalue weighted by Gasteiger charge is 2.09. The van der Waals surface area contributed by atoms with Crippen molar-refractivity contribution >= 4 is 11.8 Å². The number of aromatic nitrogens is 1. The van der Waals surface area contributed by atoms with Crippen molar-refractivity contribution in [2.24, 2.45) is 0 Å². The van der Waals surface area contributed by atoms with Crippen LogP contribution < -0.4 is 0 Å². The van der Waals surface area contributed by atoms with E-state index >= 15 is 0 Å². The Morgan fingerprint density at radius 1 is 1.36 bits per heavy atom. The van der Waals surface area contributed by atoms with Crippen LogP contribution in [0, 0.1) is 0 Å². The molecule has 0 radical (unpaired) electrons. The summed E-state index contributed by atoms with van der Waals surface area (Å²) < 4.78 is 0. The minimum Gasteiger partial charge on any atom is -0.246 e. The van der Waals surface area contributed by atoms with Gasteiger partial charge in [-0.25, -0.2) is 4.98 Å². The Balaban J connectivity index is 2.80. The molecule has 1 heterocycles. The minimum absolute atomic E-state index is 0.645. The third-order valence-corrected chi connectivity index (χ3v) is 3.15. The van der Waals surface area contributed by atoms with Crippen molar-refractivity contribution in [3.8, 4) is 0 Å². The van der Waals surface area contributed by atoms with E-state index < -0.39 is 0 Å². The van der Waals surface area contributed by atoms with Gasteiger partial charge in [0.1, 0.15) is 0 Å². The summed E-state index contributed by atoms with van der Waals surface area (Å²) in [6.07, 6.45) is 5.76. The van der Waals surface area contributed by atoms with Crippen molar-refractivity contribution in [3.63, 3.8) is 0 Å². The Bertz CT molecular complexity index is 273. The zero-order chi connectivity index (χ0) is 10.4. The first-order chi connectivity index (χ1) is 6.81. The second-order valence-corrected chi connectivity index (χ2v) is 4.33. The van der Waals surface area contributed by atoms with Gasteiger partial charge in [0, 0.05) is 11.6 Å². The Morgan fingerprint density at radius 3 is 2.71 bits per heavy atom. The molecular weight excluding hydrogens is 190 g/mol. The standard InChI is InChI=1S/C12H19NS/c1-4-7-10(5-2)11-8-6-9-12(13-11)14-3/h6,8-10H,4-5,7H2,1-3H3. The molecular formula is C12H19NS. The fraction of sp³-hybridized carbons (Fsp3) is 0.583. The van der Waals surface area contributed by atoms with Gasteiger partial charge in [-0.15, -0.1) is 11.8 Å². The van der Waals surface area contributed by atoms with E-state index in [1.54, 1.807) is 11.8 Å². The van der Waals surface area contributed by atoms with Crippen LogP contribution in [-0.2, 0) is 0 Å². The highest BCUT2D eigenvalue weighted by molar-refractivity contribution is 7.98. The molecule has 0 fully saturated rings. The predicted molar refractivity (Wildman–Crippen MR) is 64.0 cm³/mol. The summed E-state index contributed by atoms with van der Waals surface area (Å²) in [5.74, 6) is 0.645. The second-order valence-electron chi connectivity index (χ2n) is 3.50. The molecule has 1 unspecified atom stereocenters. The molecule has 0 aliphatic rings. The van der Waals surface area contributed by atoms with Gasteiger partial charge in [0.25, 0.3) is 0 Å². The highest BCUT2D eigenvalue weighted by atomic mass is 32.2. The molecule has 0 bridgehead atoms. The average molecular weight is 209 g/mol. The number of thioether (sulfide) groups is 1. The minimum atomic E-state index is 0.645. The molecule has 0 saturated carbocycles. The fourth-order valence-electron chi connectivity index (χ4n) is 1.68. The molecule has 1 aromatic rings. The number of hydrogen-bond donors (Lipinski definition) is 0. The molecule has 0 N–H and O–H groups in total. The van der Waals surface area contributed by atoms with Crippen molar-refractivity contribution in [2.75, 3.05) is 6.26 Å². The fourth-order valence-corrected chi connectivity index (χ4v) is 2.09.